The summed E-state index contributed by atoms with van der Waals surface area (Å²) in [6.07, 6.45) is 10.5. The maximum atomic E-state index is 13.3. The Kier molecular flexibility index (Phi) is 4.88. The number of nitrogens with one attached hydrogen (secondary N) is 1. The predicted octanol–water partition coefficient (Wildman–Crippen LogP) is 2.39. The van der Waals surface area contributed by atoms with Gasteiger partial charge in [0.2, 0.25) is 0 Å². The van der Waals surface area contributed by atoms with Gasteiger partial charge in [0.05, 0.1) is 12.3 Å². The molecule has 1 aliphatic heterocycles. The molecule has 1 spiro atoms. The van der Waals surface area contributed by atoms with Crippen LogP contribution < -0.4 is 5.32 Å². The van der Waals surface area contributed by atoms with E-state index in [1.165, 1.54) is 38.5 Å². The number of rotatable bonds is 7. The highest BCUT2D eigenvalue weighted by Crippen LogP contribution is 2.78. The first kappa shape index (κ1) is 21.3. The Balaban J connectivity index is 1.03. The van der Waals surface area contributed by atoms with Crippen molar-refractivity contribution in [2.75, 3.05) is 45.9 Å². The topological polar surface area (TPSA) is 73.1 Å². The van der Waals surface area contributed by atoms with E-state index >= 15 is 0 Å². The minimum absolute atomic E-state index is 0.0350. The average molecular weight is 464 g/mol. The molecule has 2 N–H and O–H groups in total. The Bertz CT molecular complexity index is 1100. The molecule has 2 aromatic rings. The summed E-state index contributed by atoms with van der Waals surface area (Å²) < 4.78 is 1.97. The SMILES string of the molecule is O=C(NCC12CC3CC4CC(C1)C4(C3)C2)c1cccc2nc(CN3CCN(CCO)CC3)cn12. The van der Waals surface area contributed by atoms with Crippen LogP contribution in [0.2, 0.25) is 0 Å². The molecule has 4 saturated carbocycles. The van der Waals surface area contributed by atoms with Gasteiger partial charge in [0.1, 0.15) is 11.3 Å². The number of carbonyl (C=O) groups excluding carboxylic acids is 1. The van der Waals surface area contributed by atoms with Gasteiger partial charge in [-0.25, -0.2) is 4.98 Å². The first-order valence-corrected chi connectivity index (χ1v) is 13.4. The van der Waals surface area contributed by atoms with Crippen LogP contribution in [0.5, 0.6) is 0 Å². The third-order valence-corrected chi connectivity index (χ3v) is 10.3. The van der Waals surface area contributed by atoms with E-state index in [1.807, 2.05) is 28.8 Å². The van der Waals surface area contributed by atoms with Gasteiger partial charge in [-0.3, -0.25) is 19.0 Å². The number of aromatic nitrogens is 2. The second-order valence-electron chi connectivity index (χ2n) is 12.1. The summed E-state index contributed by atoms with van der Waals surface area (Å²) in [6.45, 7) is 6.53. The molecule has 3 bridgehead atoms. The standard InChI is InChI=1S/C27H37N5O2/c33-9-8-30-4-6-31(7-5-30)15-22-16-32-23(2-1-3-24(32)29-22)25(34)28-18-26-12-19-10-20-11-21(14-26)27(20,13-19)17-26/h1-3,16,19-21,33H,4-15,17-18H2,(H,28,34). The van der Waals surface area contributed by atoms with E-state index in [-0.39, 0.29) is 12.5 Å². The van der Waals surface area contributed by atoms with E-state index in [9.17, 15) is 4.79 Å². The van der Waals surface area contributed by atoms with Gasteiger partial charge >= 0.3 is 0 Å². The molecular weight excluding hydrogens is 426 g/mol. The van der Waals surface area contributed by atoms with Gasteiger partial charge in [0, 0.05) is 52.0 Å². The fourth-order valence-electron chi connectivity index (χ4n) is 8.97. The smallest absolute Gasteiger partial charge is 0.268 e. The number of amides is 1. The van der Waals surface area contributed by atoms with Crippen molar-refractivity contribution in [3.63, 3.8) is 0 Å². The van der Waals surface area contributed by atoms with Crippen LogP contribution >= 0.6 is 0 Å². The first-order valence-electron chi connectivity index (χ1n) is 13.4. The summed E-state index contributed by atoms with van der Waals surface area (Å²) >= 11 is 0. The zero-order valence-electron chi connectivity index (χ0n) is 20.1. The molecule has 5 fully saturated rings. The van der Waals surface area contributed by atoms with Crippen molar-refractivity contribution < 1.29 is 9.90 Å². The third kappa shape index (κ3) is 3.27. The molecule has 5 unspecified atom stereocenters. The van der Waals surface area contributed by atoms with E-state index in [1.54, 1.807) is 0 Å². The number of pyridine rings is 1. The molecule has 3 heterocycles. The Morgan fingerprint density at radius 2 is 1.94 bits per heavy atom. The number of aliphatic hydroxyl groups is 1. The van der Waals surface area contributed by atoms with Crippen LogP contribution in [0.4, 0.5) is 0 Å². The summed E-state index contributed by atoms with van der Waals surface area (Å²) in [7, 11) is 0. The molecule has 34 heavy (non-hydrogen) atoms. The van der Waals surface area contributed by atoms with E-state index in [4.69, 9.17) is 10.1 Å². The van der Waals surface area contributed by atoms with Crippen LogP contribution in [-0.2, 0) is 6.54 Å². The maximum Gasteiger partial charge on any atom is 0.268 e. The fraction of sp³-hybridized carbons (Fsp3) is 0.704. The van der Waals surface area contributed by atoms with Gasteiger partial charge in [0.15, 0.2) is 0 Å². The number of fused-ring (bicyclic) bond motifs is 3. The summed E-state index contributed by atoms with van der Waals surface area (Å²) in [5.41, 5.74) is 3.56. The Hall–Kier alpha value is -1.96. The fourth-order valence-corrected chi connectivity index (χ4v) is 8.97. The van der Waals surface area contributed by atoms with Crippen LogP contribution in [0.3, 0.4) is 0 Å². The van der Waals surface area contributed by atoms with Crippen molar-refractivity contribution in [3.8, 4) is 0 Å². The lowest BCUT2D eigenvalue weighted by molar-refractivity contribution is -0.00254. The van der Waals surface area contributed by atoms with Crippen LogP contribution in [0.1, 0.15) is 54.7 Å². The number of carbonyl (C=O) groups is 1. The van der Waals surface area contributed by atoms with E-state index in [2.05, 4.69) is 15.1 Å². The van der Waals surface area contributed by atoms with Crippen molar-refractivity contribution in [1.29, 1.82) is 0 Å². The van der Waals surface area contributed by atoms with Crippen LogP contribution in [0.15, 0.2) is 24.4 Å². The molecule has 5 aliphatic rings. The summed E-state index contributed by atoms with van der Waals surface area (Å²) in [5, 5.41) is 12.5. The molecule has 7 heteroatoms. The highest BCUT2D eigenvalue weighted by Gasteiger charge is 2.70. The maximum absolute atomic E-state index is 13.3. The molecule has 1 saturated heterocycles. The second-order valence-corrected chi connectivity index (χ2v) is 12.1. The summed E-state index contributed by atoms with van der Waals surface area (Å²) in [4.78, 5) is 22.9. The van der Waals surface area contributed by atoms with E-state index in [0.29, 0.717) is 16.5 Å². The average Bonchev–Trinajstić information content (AvgIpc) is 3.39. The number of hydrogen-bond acceptors (Lipinski definition) is 5. The van der Waals surface area contributed by atoms with Crippen molar-refractivity contribution in [1.82, 2.24) is 24.5 Å². The number of hydrogen-bond donors (Lipinski definition) is 2. The number of nitrogens with zero attached hydrogens (tertiary/aromatic N) is 4. The van der Waals surface area contributed by atoms with Crippen LogP contribution in [-0.4, -0.2) is 76.1 Å². The van der Waals surface area contributed by atoms with Gasteiger partial charge in [-0.2, -0.15) is 0 Å². The zero-order chi connectivity index (χ0) is 22.9. The largest absolute Gasteiger partial charge is 0.395 e. The Morgan fingerprint density at radius 3 is 2.79 bits per heavy atom. The minimum Gasteiger partial charge on any atom is -0.395 e. The normalized spacial score (nSPS) is 36.7. The van der Waals surface area contributed by atoms with Crippen molar-refractivity contribution in [2.24, 2.45) is 28.6 Å². The molecule has 7 rings (SSSR count). The molecule has 1 amide bonds. The monoisotopic (exact) mass is 463 g/mol. The second kappa shape index (κ2) is 7.77. The van der Waals surface area contributed by atoms with Gasteiger partial charge in [0.25, 0.3) is 5.91 Å². The molecule has 7 nitrogen and oxygen atoms in total. The summed E-state index contributed by atoms with van der Waals surface area (Å²) in [6, 6.07) is 5.87. The van der Waals surface area contributed by atoms with E-state index < -0.39 is 0 Å². The zero-order valence-corrected chi connectivity index (χ0v) is 20.1. The van der Waals surface area contributed by atoms with Gasteiger partial charge in [-0.05, 0) is 79.2 Å². The number of imidazole rings is 1. The Morgan fingerprint density at radius 1 is 1.09 bits per heavy atom. The van der Waals surface area contributed by atoms with Crippen molar-refractivity contribution in [2.45, 2.75) is 45.1 Å². The van der Waals surface area contributed by atoms with Gasteiger partial charge in [-0.15, -0.1) is 0 Å². The molecule has 2 aromatic heterocycles. The molecule has 4 aliphatic carbocycles. The molecular formula is C27H37N5O2. The van der Waals surface area contributed by atoms with Gasteiger partial charge < -0.3 is 10.4 Å². The van der Waals surface area contributed by atoms with Gasteiger partial charge in [-0.1, -0.05) is 6.07 Å². The minimum atomic E-state index is 0.0350. The highest BCUT2D eigenvalue weighted by molar-refractivity contribution is 5.93. The molecule has 0 aromatic carbocycles. The Labute approximate surface area is 201 Å². The third-order valence-electron chi connectivity index (χ3n) is 10.3. The highest BCUT2D eigenvalue weighted by atomic mass is 16.3. The predicted molar refractivity (Wildman–Crippen MR) is 129 cm³/mol. The lowest BCUT2D eigenvalue weighted by Gasteiger charge is -2.49. The summed E-state index contributed by atoms with van der Waals surface area (Å²) in [5.74, 6) is 2.88. The quantitative estimate of drug-likeness (QED) is 0.660. The molecule has 5 atom stereocenters. The number of piperazine rings is 1. The number of β-amino-alcohol motifs (C(OH)–C–C–N with tert-alkyl or cyclic N) is 1. The lowest BCUT2D eigenvalue weighted by atomic mass is 9.55. The first-order chi connectivity index (χ1) is 16.6. The molecule has 182 valence electrons. The van der Waals surface area contributed by atoms with Crippen molar-refractivity contribution in [3.05, 3.63) is 35.8 Å². The number of aliphatic hydroxyl groups excluding tert-OH is 1. The van der Waals surface area contributed by atoms with E-state index in [0.717, 1.165) is 74.9 Å². The van der Waals surface area contributed by atoms with Crippen LogP contribution in [0, 0.1) is 28.6 Å². The van der Waals surface area contributed by atoms with Crippen LogP contribution in [0.25, 0.3) is 5.65 Å². The van der Waals surface area contributed by atoms with Crippen molar-refractivity contribution >= 4 is 11.6 Å². The lowest BCUT2D eigenvalue weighted by Crippen LogP contribution is -2.46. The molecule has 0 radical (unpaired) electrons.